The number of carboxylic acids is 1. The minimum absolute atomic E-state index is 0.124. The van der Waals surface area contributed by atoms with Crippen LogP contribution in [-0.2, 0) is 9.59 Å². The number of carboxylic acid groups (broad SMARTS) is 1. The first-order valence-electron chi connectivity index (χ1n) is 6.67. The molecule has 2 atom stereocenters. The van der Waals surface area contributed by atoms with Crippen molar-refractivity contribution in [2.24, 2.45) is 11.3 Å². The second-order valence-electron chi connectivity index (χ2n) is 5.38. The minimum atomic E-state index is -0.952. The van der Waals surface area contributed by atoms with Gasteiger partial charge in [-0.3, -0.25) is 4.79 Å². The molecule has 0 bridgehead atoms. The van der Waals surface area contributed by atoms with Crippen LogP contribution in [0.1, 0.15) is 26.7 Å². The van der Waals surface area contributed by atoms with E-state index in [1.165, 1.54) is 0 Å². The number of hydrogen-bond donors (Lipinski definition) is 3. The lowest BCUT2D eigenvalue weighted by Gasteiger charge is -2.32. The number of hydrogen-bond acceptors (Lipinski definition) is 4. The number of aliphatic carboxylic acids is 1. The van der Waals surface area contributed by atoms with E-state index in [0.29, 0.717) is 13.0 Å². The van der Waals surface area contributed by atoms with Crippen molar-refractivity contribution in [3.8, 4) is 0 Å². The van der Waals surface area contributed by atoms with E-state index >= 15 is 0 Å². The standard InChI is InChI=1S/C13H24N2O3S/c1-9(2)13(5-6-14-8-13)12(18)15-10(11(16)17)4-7-19-3/h9-10,14H,4-8H2,1-3H3,(H,15,18)(H,16,17)/t10-,13?/m0/s1. The smallest absolute Gasteiger partial charge is 0.326 e. The second kappa shape index (κ2) is 7.14. The fourth-order valence-electron chi connectivity index (χ4n) is 2.46. The predicted molar refractivity (Wildman–Crippen MR) is 77.3 cm³/mol. The molecule has 0 aliphatic carbocycles. The van der Waals surface area contributed by atoms with Crippen molar-refractivity contribution >= 4 is 23.6 Å². The summed E-state index contributed by atoms with van der Waals surface area (Å²) in [6, 6.07) is -0.781. The average Bonchev–Trinajstić information content (AvgIpc) is 2.84. The van der Waals surface area contributed by atoms with E-state index in [4.69, 9.17) is 0 Å². The highest BCUT2D eigenvalue weighted by Gasteiger charge is 2.44. The molecular formula is C13H24N2O3S. The Kier molecular flexibility index (Phi) is 6.13. The summed E-state index contributed by atoms with van der Waals surface area (Å²) in [5.41, 5.74) is -0.465. The van der Waals surface area contributed by atoms with E-state index in [1.54, 1.807) is 11.8 Å². The summed E-state index contributed by atoms with van der Waals surface area (Å²) >= 11 is 1.59. The molecular weight excluding hydrogens is 264 g/mol. The van der Waals surface area contributed by atoms with Gasteiger partial charge < -0.3 is 15.7 Å². The molecule has 0 spiro atoms. The van der Waals surface area contributed by atoms with Crippen LogP contribution in [0.4, 0.5) is 0 Å². The van der Waals surface area contributed by atoms with Gasteiger partial charge in [-0.1, -0.05) is 13.8 Å². The van der Waals surface area contributed by atoms with Crippen LogP contribution in [0.2, 0.25) is 0 Å². The fourth-order valence-corrected chi connectivity index (χ4v) is 2.93. The summed E-state index contributed by atoms with van der Waals surface area (Å²) in [5, 5.41) is 15.1. The van der Waals surface area contributed by atoms with Gasteiger partial charge in [-0.05, 0) is 37.3 Å². The number of carbonyl (C=O) groups is 2. The van der Waals surface area contributed by atoms with Crippen molar-refractivity contribution in [3.63, 3.8) is 0 Å². The molecule has 1 heterocycles. The van der Waals surface area contributed by atoms with Crippen LogP contribution in [0.3, 0.4) is 0 Å². The molecule has 0 saturated carbocycles. The highest BCUT2D eigenvalue weighted by Crippen LogP contribution is 2.34. The Morgan fingerprint density at radius 3 is 2.58 bits per heavy atom. The number of carbonyl (C=O) groups excluding carboxylic acids is 1. The molecule has 6 heteroatoms. The van der Waals surface area contributed by atoms with E-state index < -0.39 is 17.4 Å². The minimum Gasteiger partial charge on any atom is -0.480 e. The van der Waals surface area contributed by atoms with Gasteiger partial charge >= 0.3 is 5.97 Å². The van der Waals surface area contributed by atoms with Crippen molar-refractivity contribution in [2.45, 2.75) is 32.7 Å². The Bertz CT molecular complexity index is 328. The van der Waals surface area contributed by atoms with Gasteiger partial charge in [0.05, 0.1) is 5.41 Å². The largest absolute Gasteiger partial charge is 0.480 e. The van der Waals surface area contributed by atoms with Gasteiger partial charge in [-0.25, -0.2) is 4.79 Å². The third-order valence-corrected chi connectivity index (χ3v) is 4.60. The molecule has 0 aromatic carbocycles. The summed E-state index contributed by atoms with van der Waals surface area (Å²) < 4.78 is 0. The van der Waals surface area contributed by atoms with Crippen molar-refractivity contribution in [2.75, 3.05) is 25.1 Å². The van der Waals surface area contributed by atoms with Crippen LogP contribution < -0.4 is 10.6 Å². The maximum absolute atomic E-state index is 12.5. The second-order valence-corrected chi connectivity index (χ2v) is 6.37. The Morgan fingerprint density at radius 1 is 1.47 bits per heavy atom. The number of nitrogens with one attached hydrogen (secondary N) is 2. The first-order valence-corrected chi connectivity index (χ1v) is 8.07. The lowest BCUT2D eigenvalue weighted by atomic mass is 9.75. The molecule has 1 saturated heterocycles. The highest BCUT2D eigenvalue weighted by atomic mass is 32.2. The molecule has 3 N–H and O–H groups in total. The summed E-state index contributed by atoms with van der Waals surface area (Å²) in [5.74, 6) is -0.157. The first-order chi connectivity index (χ1) is 8.94. The SMILES string of the molecule is CSCC[C@H](NC(=O)C1(C(C)C)CCNC1)C(=O)O. The van der Waals surface area contributed by atoms with Gasteiger partial charge in [-0.15, -0.1) is 0 Å². The number of amides is 1. The third-order valence-electron chi connectivity index (χ3n) is 3.96. The van der Waals surface area contributed by atoms with Gasteiger partial charge in [0.2, 0.25) is 5.91 Å². The zero-order valence-corrected chi connectivity index (χ0v) is 12.7. The Labute approximate surface area is 118 Å². The van der Waals surface area contributed by atoms with E-state index in [1.807, 2.05) is 20.1 Å². The van der Waals surface area contributed by atoms with Crippen LogP contribution >= 0.6 is 11.8 Å². The van der Waals surface area contributed by atoms with E-state index in [-0.39, 0.29) is 11.8 Å². The third kappa shape index (κ3) is 3.86. The monoisotopic (exact) mass is 288 g/mol. The molecule has 1 amide bonds. The Balaban J connectivity index is 2.72. The van der Waals surface area contributed by atoms with E-state index in [0.717, 1.165) is 18.7 Å². The van der Waals surface area contributed by atoms with Crippen LogP contribution in [0.5, 0.6) is 0 Å². The predicted octanol–water partition coefficient (Wildman–Crippen LogP) is 0.945. The molecule has 1 unspecified atom stereocenters. The molecule has 5 nitrogen and oxygen atoms in total. The Hall–Kier alpha value is -0.750. The van der Waals surface area contributed by atoms with Crippen molar-refractivity contribution in [1.82, 2.24) is 10.6 Å². The molecule has 0 radical (unpaired) electrons. The zero-order valence-electron chi connectivity index (χ0n) is 11.9. The molecule has 0 aromatic heterocycles. The quantitative estimate of drug-likeness (QED) is 0.650. The first kappa shape index (κ1) is 16.3. The molecule has 0 aromatic rings. The molecule has 1 rings (SSSR count). The summed E-state index contributed by atoms with van der Waals surface area (Å²) in [7, 11) is 0. The van der Waals surface area contributed by atoms with Crippen LogP contribution in [0.25, 0.3) is 0 Å². The molecule has 1 fully saturated rings. The van der Waals surface area contributed by atoms with Crippen molar-refractivity contribution < 1.29 is 14.7 Å². The topological polar surface area (TPSA) is 78.4 Å². The van der Waals surface area contributed by atoms with Gasteiger partial charge in [0.15, 0.2) is 0 Å². The van der Waals surface area contributed by atoms with Crippen molar-refractivity contribution in [3.05, 3.63) is 0 Å². The molecule has 110 valence electrons. The van der Waals surface area contributed by atoms with Crippen molar-refractivity contribution in [1.29, 1.82) is 0 Å². The van der Waals surface area contributed by atoms with Gasteiger partial charge in [0.1, 0.15) is 6.04 Å². The fraction of sp³-hybridized carbons (Fsp3) is 0.846. The van der Waals surface area contributed by atoms with E-state index in [2.05, 4.69) is 10.6 Å². The maximum Gasteiger partial charge on any atom is 0.326 e. The zero-order chi connectivity index (χ0) is 14.5. The van der Waals surface area contributed by atoms with Crippen LogP contribution in [0.15, 0.2) is 0 Å². The Morgan fingerprint density at radius 2 is 2.16 bits per heavy atom. The number of thioether (sulfide) groups is 1. The number of rotatable bonds is 7. The molecule has 19 heavy (non-hydrogen) atoms. The van der Waals surface area contributed by atoms with Gasteiger partial charge in [-0.2, -0.15) is 11.8 Å². The normalized spacial score (nSPS) is 24.4. The summed E-state index contributed by atoms with van der Waals surface area (Å²) in [4.78, 5) is 23.7. The lowest BCUT2D eigenvalue weighted by Crippen LogP contribution is -2.51. The summed E-state index contributed by atoms with van der Waals surface area (Å²) in [6.07, 6.45) is 3.16. The van der Waals surface area contributed by atoms with Gasteiger partial charge in [0, 0.05) is 6.54 Å². The molecule has 1 aliphatic rings. The highest BCUT2D eigenvalue weighted by molar-refractivity contribution is 7.98. The maximum atomic E-state index is 12.5. The van der Waals surface area contributed by atoms with E-state index in [9.17, 15) is 14.7 Å². The van der Waals surface area contributed by atoms with Gasteiger partial charge in [0.25, 0.3) is 0 Å². The van der Waals surface area contributed by atoms with Crippen LogP contribution in [0, 0.1) is 11.3 Å². The average molecular weight is 288 g/mol. The summed E-state index contributed by atoms with van der Waals surface area (Å²) in [6.45, 7) is 5.48. The molecule has 1 aliphatic heterocycles. The van der Waals surface area contributed by atoms with Crippen LogP contribution in [-0.4, -0.2) is 48.1 Å². The lowest BCUT2D eigenvalue weighted by molar-refractivity contribution is -0.144.